The topological polar surface area (TPSA) is 277 Å². The number of benzene rings is 1. The summed E-state index contributed by atoms with van der Waals surface area (Å²) in [4.78, 5) is 30.0. The number of aliphatic hydroxyl groups excluding tert-OH is 3. The van der Waals surface area contributed by atoms with E-state index in [2.05, 4.69) is 19.8 Å². The van der Waals surface area contributed by atoms with Gasteiger partial charge in [-0.1, -0.05) is 5.21 Å². The highest BCUT2D eigenvalue weighted by Crippen LogP contribution is 2.38. The van der Waals surface area contributed by atoms with Crippen LogP contribution >= 0.6 is 7.60 Å². The molecule has 2 heterocycles. The minimum Gasteiger partial charge on any atom is -0.462 e. The molecule has 9 atom stereocenters. The number of hydrogen-bond donors (Lipinski definition) is 6. The van der Waals surface area contributed by atoms with E-state index in [0.29, 0.717) is 44.7 Å². The lowest BCUT2D eigenvalue weighted by Gasteiger charge is -2.40. The molecule has 1 aromatic carbocycles. The van der Waals surface area contributed by atoms with Crippen LogP contribution in [0.3, 0.4) is 0 Å². The van der Waals surface area contributed by atoms with Gasteiger partial charge in [-0.05, 0) is 49.9 Å². The first-order valence-corrected chi connectivity index (χ1v) is 23.4. The van der Waals surface area contributed by atoms with E-state index in [-0.39, 0.29) is 63.3 Å². The van der Waals surface area contributed by atoms with Crippen molar-refractivity contribution in [3.63, 3.8) is 0 Å². The Bertz CT molecular complexity index is 1810. The van der Waals surface area contributed by atoms with Crippen LogP contribution in [-0.2, 0) is 60.8 Å². The number of alkyl halides is 5. The van der Waals surface area contributed by atoms with Crippen LogP contribution in [0.4, 0.5) is 27.6 Å². The average molecular weight is 957 g/mol. The Morgan fingerprint density at radius 2 is 1.37 bits per heavy atom. The van der Waals surface area contributed by atoms with Gasteiger partial charge in [0.2, 0.25) is 16.3 Å². The summed E-state index contributed by atoms with van der Waals surface area (Å²) in [5.41, 5.74) is 0.898. The largest absolute Gasteiger partial charge is 0.462 e. The lowest BCUT2D eigenvalue weighted by molar-refractivity contribution is -0.272. The maximum absolute atomic E-state index is 13.8. The molecule has 63 heavy (non-hydrogen) atoms. The number of aromatic nitrogens is 3. The number of carbonyl (C=O) groups is 1. The normalized spacial score (nSPS) is 27.9. The molecule has 1 saturated heterocycles. The average Bonchev–Trinajstić information content (AvgIpc) is 3.70. The number of carbonyl (C=O) groups excluding carboxylic acids is 1. The summed E-state index contributed by atoms with van der Waals surface area (Å²) in [7, 11) is -8.15. The summed E-state index contributed by atoms with van der Waals surface area (Å²) >= 11 is 0. The lowest BCUT2D eigenvalue weighted by atomic mass is 9.89. The Morgan fingerprint density at radius 3 is 1.97 bits per heavy atom. The standard InChI is InChI=1S/C36H54F5N4O16PS/c37-27-28(38)30(40)35(31(41)29(27)39)61-26(46)8-11-55-13-15-57-17-18-58-16-14-56-12-10-45-21-23(42-44-45)3-1-2-20-63(53,54)43-22-4-6-24(7-5-22)59-36-34(49)33(48)32(47)25(60-36)9-19-62(50,51)52/h4-7,21,25,27-36,43,47-49H,1-3,8-20H2,(H2,50,51,52)/t25-,27?,28?,29?,30?,31?,32-,33+,34+,35?,36+/m1/s1. The number of unbranched alkanes of at least 4 members (excludes halogenated alkanes) is 1. The van der Waals surface area contributed by atoms with E-state index in [1.54, 1.807) is 10.9 Å². The zero-order valence-corrected chi connectivity index (χ0v) is 35.6. The van der Waals surface area contributed by atoms with Crippen LogP contribution in [0.1, 0.15) is 31.4 Å². The van der Waals surface area contributed by atoms with Gasteiger partial charge in [-0.15, -0.1) is 5.10 Å². The molecule has 2 aliphatic rings. The van der Waals surface area contributed by atoms with Crippen LogP contribution < -0.4 is 9.46 Å². The first-order chi connectivity index (χ1) is 29.8. The molecule has 0 radical (unpaired) electrons. The maximum Gasteiger partial charge on any atom is 0.325 e. The molecule has 360 valence electrons. The summed E-state index contributed by atoms with van der Waals surface area (Å²) < 4.78 is 145. The van der Waals surface area contributed by atoms with Crippen molar-refractivity contribution in [2.45, 2.75) is 106 Å². The van der Waals surface area contributed by atoms with Crippen molar-refractivity contribution in [1.29, 1.82) is 0 Å². The zero-order chi connectivity index (χ0) is 46.2. The Kier molecular flexibility index (Phi) is 21.3. The fraction of sp³-hybridized carbons (Fsp3) is 0.750. The van der Waals surface area contributed by atoms with Crippen LogP contribution in [0, 0.1) is 0 Å². The fourth-order valence-electron chi connectivity index (χ4n) is 6.16. The van der Waals surface area contributed by atoms with Crippen molar-refractivity contribution in [1.82, 2.24) is 15.0 Å². The molecular weight excluding hydrogens is 902 g/mol. The highest BCUT2D eigenvalue weighted by molar-refractivity contribution is 7.92. The molecule has 20 nitrogen and oxygen atoms in total. The predicted octanol–water partition coefficient (Wildman–Crippen LogP) is 0.869. The van der Waals surface area contributed by atoms with Gasteiger partial charge in [-0.25, -0.2) is 35.1 Å². The van der Waals surface area contributed by atoms with Gasteiger partial charge in [0.1, 0.15) is 24.1 Å². The Balaban J connectivity index is 0.978. The summed E-state index contributed by atoms with van der Waals surface area (Å²) in [5, 5.41) is 38.8. The Labute approximate surface area is 359 Å². The van der Waals surface area contributed by atoms with E-state index < -0.39 is 104 Å². The van der Waals surface area contributed by atoms with Gasteiger partial charge < -0.3 is 58.3 Å². The highest BCUT2D eigenvalue weighted by atomic mass is 32.2. The molecule has 6 N–H and O–H groups in total. The number of esters is 1. The van der Waals surface area contributed by atoms with E-state index in [1.807, 2.05) is 0 Å². The molecule has 2 aromatic rings. The number of sulfonamides is 1. The second kappa shape index (κ2) is 25.5. The Hall–Kier alpha value is -3.14. The maximum atomic E-state index is 13.8. The number of rotatable bonds is 28. The number of nitrogens with one attached hydrogen (secondary N) is 1. The van der Waals surface area contributed by atoms with Crippen molar-refractivity contribution in [3.8, 4) is 5.75 Å². The van der Waals surface area contributed by atoms with Gasteiger partial charge in [0.05, 0.1) is 89.5 Å². The number of aliphatic hydroxyl groups is 3. The third-order valence-electron chi connectivity index (χ3n) is 9.58. The molecule has 0 amide bonds. The lowest BCUT2D eigenvalue weighted by Crippen LogP contribution is -2.59. The molecule has 0 bridgehead atoms. The first kappa shape index (κ1) is 52.5. The second-order valence-corrected chi connectivity index (χ2v) is 18.2. The second-order valence-electron chi connectivity index (χ2n) is 14.6. The number of ether oxygens (including phenoxy) is 7. The number of hydrogen-bond acceptors (Lipinski definition) is 16. The van der Waals surface area contributed by atoms with Crippen LogP contribution in [0.25, 0.3) is 0 Å². The minimum atomic E-state index is -4.42. The highest BCUT2D eigenvalue weighted by Gasteiger charge is 2.55. The molecule has 2 fully saturated rings. The van der Waals surface area contributed by atoms with E-state index in [9.17, 15) is 55.0 Å². The quantitative estimate of drug-likeness (QED) is 0.0299. The number of anilines is 1. The van der Waals surface area contributed by atoms with E-state index in [4.69, 9.17) is 38.2 Å². The van der Waals surface area contributed by atoms with Crippen molar-refractivity contribution < 1.29 is 98.0 Å². The SMILES string of the molecule is O=C(CCOCCOCCOCCOCCn1cc(CCCCS(=O)(=O)Nc2ccc(O[C@H]3O[C@H](CCP(=O)(O)O)[C@@H](O)[C@H](O)[C@@H]3O)cc2)nn1)OC1C(F)C(F)C(F)C(F)C1F. The molecule has 1 aliphatic carbocycles. The summed E-state index contributed by atoms with van der Waals surface area (Å²) in [5.74, 6) is -1.21. The molecule has 27 heteroatoms. The van der Waals surface area contributed by atoms with Gasteiger partial charge in [0, 0.05) is 11.9 Å². The van der Waals surface area contributed by atoms with Gasteiger partial charge in [-0.3, -0.25) is 14.1 Å². The third-order valence-corrected chi connectivity index (χ3v) is 11.8. The molecule has 4 unspecified atom stereocenters. The van der Waals surface area contributed by atoms with E-state index >= 15 is 0 Å². The molecular formula is C36H54F5N4O16PS. The molecule has 1 saturated carbocycles. The summed E-state index contributed by atoms with van der Waals surface area (Å²) in [6.45, 7) is 1.78. The van der Waals surface area contributed by atoms with Gasteiger partial charge in [0.25, 0.3) is 0 Å². The van der Waals surface area contributed by atoms with E-state index in [0.717, 1.165) is 0 Å². The fourth-order valence-corrected chi connectivity index (χ4v) is 7.93. The smallest absolute Gasteiger partial charge is 0.325 e. The minimum absolute atomic E-state index is 0.0615. The van der Waals surface area contributed by atoms with Crippen molar-refractivity contribution >= 4 is 29.3 Å². The van der Waals surface area contributed by atoms with Crippen molar-refractivity contribution in [2.75, 3.05) is 69.5 Å². The van der Waals surface area contributed by atoms with Crippen molar-refractivity contribution in [3.05, 3.63) is 36.2 Å². The number of halogens is 5. The van der Waals surface area contributed by atoms with Crippen molar-refractivity contribution in [2.24, 2.45) is 0 Å². The zero-order valence-electron chi connectivity index (χ0n) is 33.9. The van der Waals surface area contributed by atoms with Crippen LogP contribution in [0.5, 0.6) is 5.75 Å². The monoisotopic (exact) mass is 956 g/mol. The number of nitrogens with zero attached hydrogens (tertiary/aromatic N) is 3. The van der Waals surface area contributed by atoms with Gasteiger partial charge in [0.15, 0.2) is 37.0 Å². The molecule has 1 aliphatic heterocycles. The van der Waals surface area contributed by atoms with E-state index in [1.165, 1.54) is 24.3 Å². The molecule has 4 rings (SSSR count). The van der Waals surface area contributed by atoms with Crippen LogP contribution in [0.2, 0.25) is 0 Å². The van der Waals surface area contributed by atoms with Gasteiger partial charge >= 0.3 is 13.6 Å². The van der Waals surface area contributed by atoms with Crippen LogP contribution in [-0.4, -0.2) is 187 Å². The summed E-state index contributed by atoms with van der Waals surface area (Å²) in [6.07, 6.45) is -23.0. The summed E-state index contributed by atoms with van der Waals surface area (Å²) in [6, 6.07) is 5.58. The first-order valence-electron chi connectivity index (χ1n) is 20.0. The molecule has 0 spiro atoms. The predicted molar refractivity (Wildman–Crippen MR) is 208 cm³/mol. The molecule has 1 aromatic heterocycles. The van der Waals surface area contributed by atoms with Crippen LogP contribution in [0.15, 0.2) is 30.5 Å². The van der Waals surface area contributed by atoms with Gasteiger partial charge in [-0.2, -0.15) is 0 Å². The number of aryl methyl sites for hydroxylation is 1. The third kappa shape index (κ3) is 17.6. The Morgan fingerprint density at radius 1 is 0.794 bits per heavy atom.